The number of nitrogens with zero attached hydrogens (tertiary/aromatic N) is 2. The Morgan fingerprint density at radius 3 is 2.26 bits per heavy atom. The second-order valence-electron chi connectivity index (χ2n) is 6.58. The number of ether oxygens (including phenoxy) is 1. The molecule has 1 aromatic heterocycles. The zero-order valence-electron chi connectivity index (χ0n) is 16.7. The van der Waals surface area contributed by atoms with Gasteiger partial charge in [0.2, 0.25) is 0 Å². The Labute approximate surface area is 162 Å². The van der Waals surface area contributed by atoms with Crippen molar-refractivity contribution >= 4 is 21.5 Å². The lowest BCUT2D eigenvalue weighted by molar-refractivity contribution is 0.411. The molecule has 1 aromatic carbocycles. The number of anilines is 2. The Morgan fingerprint density at radius 2 is 1.74 bits per heavy atom. The van der Waals surface area contributed by atoms with Crippen LogP contribution in [0.4, 0.5) is 11.5 Å². The standard InChI is InChI=1S/C20H29N3O3S/c1-6-10-23(11-7-2)17-8-9-20(21-14-17)22-27(24,25)19-13-15(3)18(26-5)12-16(19)4/h8-9,12-14H,6-7,10-11H2,1-5H3,(H,21,22). The average molecular weight is 392 g/mol. The van der Waals surface area contributed by atoms with E-state index in [0.717, 1.165) is 37.2 Å². The van der Waals surface area contributed by atoms with Gasteiger partial charge in [0.25, 0.3) is 10.0 Å². The van der Waals surface area contributed by atoms with Gasteiger partial charge in [-0.15, -0.1) is 0 Å². The van der Waals surface area contributed by atoms with Crippen molar-refractivity contribution in [1.29, 1.82) is 0 Å². The minimum absolute atomic E-state index is 0.227. The summed E-state index contributed by atoms with van der Waals surface area (Å²) in [6, 6.07) is 6.96. The summed E-state index contributed by atoms with van der Waals surface area (Å²) in [5.74, 6) is 0.973. The number of hydrogen-bond acceptors (Lipinski definition) is 5. The molecule has 7 heteroatoms. The molecule has 1 N–H and O–H groups in total. The highest BCUT2D eigenvalue weighted by atomic mass is 32.2. The highest BCUT2D eigenvalue weighted by molar-refractivity contribution is 7.92. The quantitative estimate of drug-likeness (QED) is 0.696. The molecule has 0 fully saturated rings. The third kappa shape index (κ3) is 5.13. The van der Waals surface area contributed by atoms with Crippen molar-refractivity contribution in [2.24, 2.45) is 0 Å². The predicted molar refractivity (Wildman–Crippen MR) is 110 cm³/mol. The maximum Gasteiger partial charge on any atom is 0.263 e. The van der Waals surface area contributed by atoms with Crippen molar-refractivity contribution in [1.82, 2.24) is 4.98 Å². The summed E-state index contributed by atoms with van der Waals surface area (Å²) in [7, 11) is -2.16. The summed E-state index contributed by atoms with van der Waals surface area (Å²) >= 11 is 0. The van der Waals surface area contributed by atoms with Crippen molar-refractivity contribution in [3.05, 3.63) is 41.6 Å². The van der Waals surface area contributed by atoms with Crippen molar-refractivity contribution in [2.75, 3.05) is 29.8 Å². The van der Waals surface area contributed by atoms with Crippen LogP contribution in [-0.2, 0) is 10.0 Å². The van der Waals surface area contributed by atoms with Crippen molar-refractivity contribution in [3.8, 4) is 5.75 Å². The largest absolute Gasteiger partial charge is 0.496 e. The number of hydrogen-bond donors (Lipinski definition) is 1. The van der Waals surface area contributed by atoms with Gasteiger partial charge in [-0.3, -0.25) is 4.72 Å². The summed E-state index contributed by atoms with van der Waals surface area (Å²) < 4.78 is 33.4. The van der Waals surface area contributed by atoms with Crippen LogP contribution >= 0.6 is 0 Å². The number of aromatic nitrogens is 1. The van der Waals surface area contributed by atoms with Crippen LogP contribution in [0, 0.1) is 13.8 Å². The number of pyridine rings is 1. The molecule has 0 aliphatic heterocycles. The Bertz CT molecular complexity index is 859. The Kier molecular flexibility index (Phi) is 7.07. The van der Waals surface area contributed by atoms with Gasteiger partial charge in [0.1, 0.15) is 11.6 Å². The topological polar surface area (TPSA) is 71.5 Å². The Balaban J connectivity index is 2.24. The first-order valence-corrected chi connectivity index (χ1v) is 10.7. The molecule has 0 aliphatic carbocycles. The van der Waals surface area contributed by atoms with Crippen LogP contribution in [0.2, 0.25) is 0 Å². The molecule has 6 nitrogen and oxygen atoms in total. The Hall–Kier alpha value is -2.28. The molecule has 0 amide bonds. The lowest BCUT2D eigenvalue weighted by atomic mass is 10.1. The second-order valence-corrected chi connectivity index (χ2v) is 8.23. The molecule has 27 heavy (non-hydrogen) atoms. The number of rotatable bonds is 9. The summed E-state index contributed by atoms with van der Waals surface area (Å²) in [4.78, 5) is 6.78. The van der Waals surface area contributed by atoms with Gasteiger partial charge in [-0.1, -0.05) is 13.8 Å². The zero-order chi connectivity index (χ0) is 20.0. The van der Waals surface area contributed by atoms with Crippen LogP contribution in [0.5, 0.6) is 5.75 Å². The first kappa shape index (κ1) is 21.0. The van der Waals surface area contributed by atoms with Gasteiger partial charge in [-0.05, 0) is 62.1 Å². The van der Waals surface area contributed by atoms with Gasteiger partial charge in [0.15, 0.2) is 0 Å². The van der Waals surface area contributed by atoms with Crippen LogP contribution in [0.3, 0.4) is 0 Å². The molecular weight excluding hydrogens is 362 g/mol. The summed E-state index contributed by atoms with van der Waals surface area (Å²) in [5.41, 5.74) is 2.39. The molecule has 0 saturated carbocycles. The first-order valence-electron chi connectivity index (χ1n) is 9.21. The molecule has 2 rings (SSSR count). The van der Waals surface area contributed by atoms with Crippen molar-refractivity contribution in [3.63, 3.8) is 0 Å². The zero-order valence-corrected chi connectivity index (χ0v) is 17.6. The molecular formula is C20H29N3O3S. The van der Waals surface area contributed by atoms with E-state index in [0.29, 0.717) is 17.1 Å². The van der Waals surface area contributed by atoms with E-state index in [4.69, 9.17) is 4.74 Å². The minimum Gasteiger partial charge on any atom is -0.496 e. The van der Waals surface area contributed by atoms with Crippen LogP contribution in [0.1, 0.15) is 37.8 Å². The predicted octanol–water partition coefficient (Wildman–Crippen LogP) is 4.13. The maximum absolute atomic E-state index is 12.8. The Morgan fingerprint density at radius 1 is 1.07 bits per heavy atom. The number of aryl methyl sites for hydroxylation is 2. The molecule has 0 radical (unpaired) electrons. The molecule has 148 valence electrons. The van der Waals surface area contributed by atoms with Gasteiger partial charge in [0.05, 0.1) is 23.9 Å². The molecule has 0 aliphatic rings. The fraction of sp³-hybridized carbons (Fsp3) is 0.450. The van der Waals surface area contributed by atoms with E-state index in [1.54, 1.807) is 38.4 Å². The highest BCUT2D eigenvalue weighted by Gasteiger charge is 2.19. The van der Waals surface area contributed by atoms with E-state index < -0.39 is 10.0 Å². The highest BCUT2D eigenvalue weighted by Crippen LogP contribution is 2.27. The summed E-state index contributed by atoms with van der Waals surface area (Å²) in [5, 5.41) is 0. The first-order chi connectivity index (χ1) is 12.8. The lowest BCUT2D eigenvalue weighted by Crippen LogP contribution is -2.25. The molecule has 0 atom stereocenters. The number of nitrogens with one attached hydrogen (secondary N) is 1. The van der Waals surface area contributed by atoms with Crippen LogP contribution in [-0.4, -0.2) is 33.6 Å². The van der Waals surface area contributed by atoms with Crippen LogP contribution < -0.4 is 14.4 Å². The van der Waals surface area contributed by atoms with Gasteiger partial charge >= 0.3 is 0 Å². The molecule has 1 heterocycles. The third-order valence-electron chi connectivity index (χ3n) is 4.32. The fourth-order valence-electron chi connectivity index (χ4n) is 3.01. The smallest absolute Gasteiger partial charge is 0.263 e. The van der Waals surface area contributed by atoms with E-state index >= 15 is 0 Å². The second kappa shape index (κ2) is 9.08. The van der Waals surface area contributed by atoms with Gasteiger partial charge in [-0.2, -0.15) is 0 Å². The fourth-order valence-corrected chi connectivity index (χ4v) is 4.33. The SMILES string of the molecule is CCCN(CCC)c1ccc(NS(=O)(=O)c2cc(C)c(OC)cc2C)nc1. The van der Waals surface area contributed by atoms with Gasteiger partial charge in [0, 0.05) is 13.1 Å². The van der Waals surface area contributed by atoms with E-state index in [1.165, 1.54) is 0 Å². The normalized spacial score (nSPS) is 11.3. The third-order valence-corrected chi connectivity index (χ3v) is 5.82. The van der Waals surface area contributed by atoms with Gasteiger partial charge < -0.3 is 9.64 Å². The molecule has 0 saturated heterocycles. The molecule has 0 unspecified atom stereocenters. The number of sulfonamides is 1. The van der Waals surface area contributed by atoms with Crippen molar-refractivity contribution in [2.45, 2.75) is 45.4 Å². The maximum atomic E-state index is 12.8. The lowest BCUT2D eigenvalue weighted by Gasteiger charge is -2.23. The monoisotopic (exact) mass is 391 g/mol. The van der Waals surface area contributed by atoms with E-state index in [1.807, 2.05) is 13.0 Å². The molecule has 0 bridgehead atoms. The van der Waals surface area contributed by atoms with Crippen LogP contribution in [0.15, 0.2) is 35.4 Å². The van der Waals surface area contributed by atoms with E-state index in [-0.39, 0.29) is 4.90 Å². The van der Waals surface area contributed by atoms with E-state index in [2.05, 4.69) is 28.5 Å². The number of methoxy groups -OCH3 is 1. The molecule has 2 aromatic rings. The summed E-state index contributed by atoms with van der Waals surface area (Å²) in [6.07, 6.45) is 3.81. The molecule has 0 spiro atoms. The van der Waals surface area contributed by atoms with E-state index in [9.17, 15) is 8.42 Å². The summed E-state index contributed by atoms with van der Waals surface area (Å²) in [6.45, 7) is 9.74. The number of benzene rings is 1. The van der Waals surface area contributed by atoms with Crippen LogP contribution in [0.25, 0.3) is 0 Å². The minimum atomic E-state index is -3.73. The van der Waals surface area contributed by atoms with Gasteiger partial charge in [-0.25, -0.2) is 13.4 Å². The van der Waals surface area contributed by atoms with Crippen molar-refractivity contribution < 1.29 is 13.2 Å². The average Bonchev–Trinajstić information content (AvgIpc) is 2.63.